The molecular formula is C103H164Cl3IN8O13. The molecule has 7 saturated heterocycles. The molecule has 0 spiro atoms. The lowest BCUT2D eigenvalue weighted by molar-refractivity contribution is -0.943. The average Bonchev–Trinajstić information content (AvgIpc) is 1.07. The summed E-state index contributed by atoms with van der Waals surface area (Å²) in [5, 5.41) is 18.8. The summed E-state index contributed by atoms with van der Waals surface area (Å²) in [5.41, 5.74) is 16.2. The predicted octanol–water partition coefficient (Wildman–Crippen LogP) is 14.0. The summed E-state index contributed by atoms with van der Waals surface area (Å²) in [4.78, 5) is 104. The van der Waals surface area contributed by atoms with Gasteiger partial charge in [0.2, 0.25) is 0 Å². The Labute approximate surface area is 806 Å². The Hall–Kier alpha value is -6.58. The molecule has 4 amide bonds. The summed E-state index contributed by atoms with van der Waals surface area (Å²) < 4.78 is 17.5. The van der Waals surface area contributed by atoms with Crippen LogP contribution >= 0.6 is 24.8 Å². The number of ether oxygens (including phenoxy) is 3. The van der Waals surface area contributed by atoms with Gasteiger partial charge in [-0.2, -0.15) is 0 Å². The van der Waals surface area contributed by atoms with E-state index in [-0.39, 0.29) is 121 Å². The van der Waals surface area contributed by atoms with Gasteiger partial charge in [-0.25, -0.2) is 14.4 Å². The Kier molecular flexibility index (Phi) is 55.2. The number of rotatable bonds is 19. The van der Waals surface area contributed by atoms with Crippen LogP contribution in [0.3, 0.4) is 0 Å². The number of Topliss-reactive ketones (excluding diaryl/α,β-unsaturated/α-hetero) is 3. The fourth-order valence-electron chi connectivity index (χ4n) is 18.7. The van der Waals surface area contributed by atoms with Gasteiger partial charge in [-0.3, -0.25) is 38.7 Å². The summed E-state index contributed by atoms with van der Waals surface area (Å²) >= 11 is 0. The maximum Gasteiger partial charge on any atom is 0.411 e. The van der Waals surface area contributed by atoms with Gasteiger partial charge in [0.1, 0.15) is 17.2 Å². The number of likely N-dealkylation sites (tertiary alicyclic amines) is 5. The molecule has 0 radical (unpaired) electrons. The van der Waals surface area contributed by atoms with Crippen LogP contribution in [0.15, 0.2) is 91.0 Å². The second-order valence-electron chi connectivity index (χ2n) is 37.4. The number of quaternary nitrogens is 2. The number of carboxylic acids is 1. The molecule has 7 heterocycles. The highest BCUT2D eigenvalue weighted by molar-refractivity contribution is 5.96. The smallest absolute Gasteiger partial charge is 0.411 e. The third-order valence-corrected chi connectivity index (χ3v) is 26.4. The summed E-state index contributed by atoms with van der Waals surface area (Å²) in [6.07, 6.45) is 21.7. The SMILES string of the molecule is C1CCOC1.CC(C)(C)OC(=O)N1CCCCC1C(=O)O.CCN1CCCCC1C(=O)Cc1c(C)cccc1C.CC[N+]1(CC)CCCCC1C(=O)Nc1c(C)cccc1C.CC[N+]1(CC)CCCCC1C(=O)Nc1c(C)cccc1C.Cc1cccc(C)c1CC(=O)C1CCCCN1.Cc1cccc(C)c1CC(=O)C1CCCCN1C(=O)OC(C)(C)C.Cl.Cl.O.[Cl-].[I-]. The number of nitrogens with one attached hydrogen (secondary N) is 3. The molecule has 12 rings (SSSR count). The van der Waals surface area contributed by atoms with Crippen LogP contribution in [0, 0.1) is 69.2 Å². The summed E-state index contributed by atoms with van der Waals surface area (Å²) in [6, 6.07) is 30.2. The minimum Gasteiger partial charge on any atom is -1.00 e. The molecule has 722 valence electrons. The number of aryl methyl sites for hydroxylation is 10. The van der Waals surface area contributed by atoms with E-state index in [1.807, 2.05) is 65.0 Å². The molecule has 0 aromatic heterocycles. The molecule has 25 heteroatoms. The zero-order valence-electron chi connectivity index (χ0n) is 81.8. The van der Waals surface area contributed by atoms with Crippen LogP contribution in [-0.4, -0.2) is 214 Å². The van der Waals surface area contributed by atoms with Crippen molar-refractivity contribution in [3.63, 3.8) is 0 Å². The highest BCUT2D eigenvalue weighted by Crippen LogP contribution is 2.33. The van der Waals surface area contributed by atoms with Crippen LogP contribution in [0.2, 0.25) is 0 Å². The first-order valence-corrected chi connectivity index (χ1v) is 46.9. The summed E-state index contributed by atoms with van der Waals surface area (Å²) in [6.45, 7) is 55.1. The van der Waals surface area contributed by atoms with Gasteiger partial charge in [-0.1, -0.05) is 111 Å². The topological polar surface area (TPSA) is 262 Å². The molecule has 0 aliphatic carbocycles. The fraction of sp³-hybridized carbons (Fsp3) is 0.631. The first-order chi connectivity index (χ1) is 58.4. The Bertz CT molecular complexity index is 4030. The van der Waals surface area contributed by atoms with Crippen LogP contribution < -0.4 is 52.3 Å². The van der Waals surface area contributed by atoms with Crippen molar-refractivity contribution in [2.75, 3.05) is 95.8 Å². The number of carbonyl (C=O) groups excluding carboxylic acids is 7. The van der Waals surface area contributed by atoms with Gasteiger partial charge in [-0.05, 0) is 333 Å². The second-order valence-corrected chi connectivity index (χ2v) is 37.4. The van der Waals surface area contributed by atoms with E-state index in [0.717, 1.165) is 189 Å². The van der Waals surface area contributed by atoms with Crippen LogP contribution in [0.4, 0.5) is 21.0 Å². The first-order valence-electron chi connectivity index (χ1n) is 46.9. The zero-order valence-corrected chi connectivity index (χ0v) is 86.4. The number of nitrogens with zero attached hydrogens (tertiary/aromatic N) is 5. The molecule has 7 aliphatic rings. The molecule has 6 atom stereocenters. The molecule has 128 heavy (non-hydrogen) atoms. The van der Waals surface area contributed by atoms with Crippen molar-refractivity contribution >= 4 is 83.5 Å². The van der Waals surface area contributed by atoms with Gasteiger partial charge in [0.25, 0.3) is 11.8 Å². The fourth-order valence-corrected chi connectivity index (χ4v) is 18.7. The number of amides is 4. The van der Waals surface area contributed by atoms with Crippen molar-refractivity contribution in [1.82, 2.24) is 20.0 Å². The lowest BCUT2D eigenvalue weighted by Crippen LogP contribution is -3.00. The van der Waals surface area contributed by atoms with Crippen molar-refractivity contribution in [1.29, 1.82) is 0 Å². The largest absolute Gasteiger partial charge is 1.00 e. The molecular weight excluding hydrogens is 1790 g/mol. The van der Waals surface area contributed by atoms with Gasteiger partial charge in [0, 0.05) is 69.8 Å². The van der Waals surface area contributed by atoms with Crippen LogP contribution in [0.1, 0.15) is 277 Å². The number of piperidine rings is 6. The van der Waals surface area contributed by atoms with E-state index in [1.54, 1.807) is 25.7 Å². The predicted molar refractivity (Wildman–Crippen MR) is 518 cm³/mol. The molecule has 5 aromatic carbocycles. The highest BCUT2D eigenvalue weighted by Gasteiger charge is 2.44. The second kappa shape index (κ2) is 59.1. The Morgan fingerprint density at radius 2 is 0.734 bits per heavy atom. The molecule has 6 N–H and O–H groups in total. The molecule has 21 nitrogen and oxygen atoms in total. The van der Waals surface area contributed by atoms with E-state index >= 15 is 0 Å². The minimum absolute atomic E-state index is 0. The third-order valence-electron chi connectivity index (χ3n) is 26.4. The monoisotopic (exact) mass is 1950 g/mol. The van der Waals surface area contributed by atoms with Gasteiger partial charge in [0.05, 0.1) is 57.4 Å². The van der Waals surface area contributed by atoms with Gasteiger partial charge in [-0.15, -0.1) is 24.8 Å². The first kappa shape index (κ1) is 119. The Morgan fingerprint density at radius 1 is 0.422 bits per heavy atom. The summed E-state index contributed by atoms with van der Waals surface area (Å²) in [5.74, 6) is 0.316. The van der Waals surface area contributed by atoms with Crippen molar-refractivity contribution in [2.24, 2.45) is 0 Å². The maximum absolute atomic E-state index is 12.9. The number of benzene rings is 5. The number of para-hydroxylation sites is 2. The molecule has 7 fully saturated rings. The van der Waals surface area contributed by atoms with Crippen molar-refractivity contribution < 1.29 is 108 Å². The number of halogens is 4. The third kappa shape index (κ3) is 36.8. The molecule has 7 aliphatic heterocycles. The van der Waals surface area contributed by atoms with Crippen LogP contribution in [-0.2, 0) is 62.2 Å². The molecule has 0 saturated carbocycles. The number of aliphatic carboxylic acids is 1. The molecule has 6 unspecified atom stereocenters. The molecule has 5 aromatic rings. The normalized spacial score (nSPS) is 19.7. The number of likely N-dealkylation sites (N-methyl/N-ethyl adjacent to an activating group) is 3. The zero-order chi connectivity index (χ0) is 90.8. The molecule has 0 bridgehead atoms. The minimum atomic E-state index is -0.953. The van der Waals surface area contributed by atoms with Crippen molar-refractivity contribution in [2.45, 2.75) is 341 Å². The van der Waals surface area contributed by atoms with E-state index in [9.17, 15) is 38.4 Å². The maximum atomic E-state index is 12.9. The van der Waals surface area contributed by atoms with E-state index in [0.29, 0.717) is 50.3 Å². The van der Waals surface area contributed by atoms with E-state index in [4.69, 9.17) is 19.3 Å². The summed E-state index contributed by atoms with van der Waals surface area (Å²) in [7, 11) is 0. The van der Waals surface area contributed by atoms with E-state index < -0.39 is 29.3 Å². The standard InChI is InChI=1S/C20H29NO3.2C18H28N2O.C17H25NO.C15H21NO.C11H19NO4.C4H8O.3ClH.HI.H2O/c1-14-9-8-10-15(2)16(14)13-18(22)17-11-6-7-12-21(17)19(23)24-20(3,4)5;2*1-5-20(6-2)13-8-7-12-16(20)18(21)19-17-14(3)10-9-11-15(17)4;1-4-18-11-6-5-10-16(18)17(19)12-15-13(2)8-7-9-14(15)3;1-11-6-5-7-12(2)13(11)10-15(17)14-8-3-4-9-16-14;1-11(2,3)16-10(15)12-7-5-4-6-8(12)9(13)14;1-2-4-5-3-1;;;;;/h8-10,17H,6-7,11-13H2,1-5H3;2*9-11,16H,5-8,12-13H2,1-4H3;7-9,16H,4-6,10-12H2,1-3H3;5-7,14,16H,3-4,8-10H2,1-2H3;8H,4-7H2,1-3H3,(H,13,14);1-4H2;4*1H;1H2. The Morgan fingerprint density at radius 3 is 1.05 bits per heavy atom. The lowest BCUT2D eigenvalue weighted by Gasteiger charge is -2.45. The number of hydrogen-bond donors (Lipinski definition) is 4. The number of carbonyl (C=O) groups is 8. The van der Waals surface area contributed by atoms with E-state index in [2.05, 4.69) is 172 Å². The lowest BCUT2D eigenvalue weighted by atomic mass is 9.91. The number of hydrogen-bond acceptors (Lipinski definition) is 13. The van der Waals surface area contributed by atoms with Gasteiger partial charge >= 0.3 is 18.2 Å². The Balaban J connectivity index is 0.000000756. The number of carboxylic acid groups (broad SMARTS) is 1. The number of anilines is 2. The van der Waals surface area contributed by atoms with Gasteiger partial charge in [0.15, 0.2) is 29.4 Å². The van der Waals surface area contributed by atoms with Crippen LogP contribution in [0.5, 0.6) is 0 Å². The average molecular weight is 1960 g/mol. The van der Waals surface area contributed by atoms with E-state index in [1.165, 1.54) is 102 Å². The number of ketones is 3. The van der Waals surface area contributed by atoms with Gasteiger partial charge < -0.3 is 86.1 Å². The quantitative estimate of drug-likeness (QED) is 0.0443. The van der Waals surface area contributed by atoms with Crippen LogP contribution in [0.25, 0.3) is 0 Å². The van der Waals surface area contributed by atoms with Crippen molar-refractivity contribution in [3.8, 4) is 0 Å². The highest BCUT2D eigenvalue weighted by atomic mass is 127. The van der Waals surface area contributed by atoms with Crippen molar-refractivity contribution in [3.05, 3.63) is 163 Å².